The van der Waals surface area contributed by atoms with Crippen LogP contribution in [0, 0.1) is 0 Å². The van der Waals surface area contributed by atoms with Gasteiger partial charge in [0.1, 0.15) is 0 Å². The van der Waals surface area contributed by atoms with Gasteiger partial charge in [-0.1, -0.05) is 6.08 Å². The van der Waals surface area contributed by atoms with Gasteiger partial charge < -0.3 is 10.6 Å². The summed E-state index contributed by atoms with van der Waals surface area (Å²) in [6.07, 6.45) is 3.88. The molecule has 0 spiro atoms. The molecule has 1 rings (SSSR count). The highest BCUT2D eigenvalue weighted by atomic mass is 32.1. The molecular weight excluding hydrogens is 186 g/mol. The highest BCUT2D eigenvalue weighted by Crippen LogP contribution is 2.18. The Morgan fingerprint density at radius 1 is 1.62 bits per heavy atom. The SMILES string of the molecule is C=CCNC(=O)NC(=S)NC1CC1. The maximum Gasteiger partial charge on any atom is 0.321 e. The molecule has 0 aliphatic heterocycles. The topological polar surface area (TPSA) is 53.2 Å². The van der Waals surface area contributed by atoms with Crippen molar-refractivity contribution in [2.24, 2.45) is 0 Å². The summed E-state index contributed by atoms with van der Waals surface area (Å²) in [5, 5.41) is 8.46. The van der Waals surface area contributed by atoms with Crippen molar-refractivity contribution in [2.45, 2.75) is 18.9 Å². The fraction of sp³-hybridized carbons (Fsp3) is 0.500. The Labute approximate surface area is 82.8 Å². The van der Waals surface area contributed by atoms with Crippen LogP contribution in [0.2, 0.25) is 0 Å². The maximum atomic E-state index is 11.0. The van der Waals surface area contributed by atoms with Crippen LogP contribution in [0.5, 0.6) is 0 Å². The number of rotatable bonds is 3. The maximum absolute atomic E-state index is 11.0. The molecule has 3 N–H and O–H groups in total. The van der Waals surface area contributed by atoms with Gasteiger partial charge in [-0.05, 0) is 25.1 Å². The first-order valence-corrected chi connectivity index (χ1v) is 4.59. The van der Waals surface area contributed by atoms with Gasteiger partial charge in [-0.2, -0.15) is 0 Å². The van der Waals surface area contributed by atoms with Crippen molar-refractivity contribution in [3.63, 3.8) is 0 Å². The second-order valence-electron chi connectivity index (χ2n) is 2.87. The molecule has 13 heavy (non-hydrogen) atoms. The summed E-state index contributed by atoms with van der Waals surface area (Å²) in [5.74, 6) is 0. The van der Waals surface area contributed by atoms with Crippen LogP contribution in [-0.4, -0.2) is 23.7 Å². The van der Waals surface area contributed by atoms with E-state index in [1.165, 1.54) is 0 Å². The van der Waals surface area contributed by atoms with Crippen LogP contribution < -0.4 is 16.0 Å². The monoisotopic (exact) mass is 199 g/mol. The molecule has 0 saturated heterocycles. The van der Waals surface area contributed by atoms with E-state index in [-0.39, 0.29) is 6.03 Å². The summed E-state index contributed by atoms with van der Waals surface area (Å²) in [6, 6.07) is 0.172. The lowest BCUT2D eigenvalue weighted by molar-refractivity contribution is 0.246. The lowest BCUT2D eigenvalue weighted by atomic mass is 10.6. The molecule has 1 fully saturated rings. The van der Waals surface area contributed by atoms with E-state index >= 15 is 0 Å². The average molecular weight is 199 g/mol. The minimum atomic E-state index is -0.293. The van der Waals surface area contributed by atoms with E-state index in [0.717, 1.165) is 12.8 Å². The number of urea groups is 1. The molecular formula is C8H13N3OS. The summed E-state index contributed by atoms with van der Waals surface area (Å²) in [7, 11) is 0. The standard InChI is InChI=1S/C8H13N3OS/c1-2-5-9-7(12)11-8(13)10-6-3-4-6/h2,6H,1,3-5H2,(H3,9,10,11,12,13). The Morgan fingerprint density at radius 3 is 2.85 bits per heavy atom. The van der Waals surface area contributed by atoms with Crippen molar-refractivity contribution in [1.82, 2.24) is 16.0 Å². The lowest BCUT2D eigenvalue weighted by Gasteiger charge is -2.08. The largest absolute Gasteiger partial charge is 0.360 e. The smallest absolute Gasteiger partial charge is 0.321 e. The van der Waals surface area contributed by atoms with Gasteiger partial charge in [-0.3, -0.25) is 5.32 Å². The molecule has 2 amide bonds. The van der Waals surface area contributed by atoms with Crippen molar-refractivity contribution >= 4 is 23.4 Å². The second kappa shape index (κ2) is 4.81. The second-order valence-corrected chi connectivity index (χ2v) is 3.28. The zero-order valence-electron chi connectivity index (χ0n) is 7.30. The van der Waals surface area contributed by atoms with Gasteiger partial charge in [0.25, 0.3) is 0 Å². The third-order valence-electron chi connectivity index (χ3n) is 1.55. The summed E-state index contributed by atoms with van der Waals surface area (Å²) in [6.45, 7) is 3.92. The van der Waals surface area contributed by atoms with E-state index in [1.807, 2.05) is 0 Å². The Bertz CT molecular complexity index is 225. The van der Waals surface area contributed by atoms with Crippen LogP contribution in [0.25, 0.3) is 0 Å². The van der Waals surface area contributed by atoms with Crippen LogP contribution >= 0.6 is 12.2 Å². The zero-order valence-corrected chi connectivity index (χ0v) is 8.12. The molecule has 1 saturated carbocycles. The van der Waals surface area contributed by atoms with Gasteiger partial charge in [-0.25, -0.2) is 4.79 Å². The number of carbonyl (C=O) groups excluding carboxylic acids is 1. The number of amides is 2. The number of nitrogens with one attached hydrogen (secondary N) is 3. The molecule has 0 bridgehead atoms. The molecule has 0 atom stereocenters. The summed E-state index contributed by atoms with van der Waals surface area (Å²) in [5.41, 5.74) is 0. The van der Waals surface area contributed by atoms with Gasteiger partial charge >= 0.3 is 6.03 Å². The van der Waals surface area contributed by atoms with Crippen LogP contribution in [0.1, 0.15) is 12.8 Å². The fourth-order valence-electron chi connectivity index (χ4n) is 0.761. The molecule has 0 aromatic carbocycles. The third kappa shape index (κ3) is 4.47. The van der Waals surface area contributed by atoms with Gasteiger partial charge in [0, 0.05) is 12.6 Å². The first-order chi connectivity index (χ1) is 6.22. The van der Waals surface area contributed by atoms with Crippen molar-refractivity contribution in [1.29, 1.82) is 0 Å². The van der Waals surface area contributed by atoms with Crippen LogP contribution in [0.3, 0.4) is 0 Å². The van der Waals surface area contributed by atoms with Crippen molar-refractivity contribution in [3.8, 4) is 0 Å². The molecule has 5 heteroatoms. The quantitative estimate of drug-likeness (QED) is 0.458. The molecule has 0 heterocycles. The van der Waals surface area contributed by atoms with Crippen LogP contribution in [-0.2, 0) is 0 Å². The zero-order chi connectivity index (χ0) is 9.68. The molecule has 0 aromatic rings. The molecule has 72 valence electrons. The first-order valence-electron chi connectivity index (χ1n) is 4.18. The molecule has 1 aliphatic carbocycles. The minimum absolute atomic E-state index is 0.293. The predicted molar refractivity (Wildman–Crippen MR) is 55.5 cm³/mol. The highest BCUT2D eigenvalue weighted by molar-refractivity contribution is 7.80. The highest BCUT2D eigenvalue weighted by Gasteiger charge is 2.22. The number of hydrogen-bond donors (Lipinski definition) is 3. The van der Waals surface area contributed by atoms with Crippen LogP contribution in [0.15, 0.2) is 12.7 Å². The fourth-order valence-corrected chi connectivity index (χ4v) is 1.02. The average Bonchev–Trinajstić information content (AvgIpc) is 2.84. The number of hydrogen-bond acceptors (Lipinski definition) is 2. The van der Waals surface area contributed by atoms with Crippen molar-refractivity contribution in [2.75, 3.05) is 6.54 Å². The van der Waals surface area contributed by atoms with Gasteiger partial charge in [0.15, 0.2) is 5.11 Å². The van der Waals surface area contributed by atoms with E-state index in [2.05, 4.69) is 22.5 Å². The normalized spacial score (nSPS) is 14.5. The predicted octanol–water partition coefficient (Wildman–Crippen LogP) is 0.508. The Kier molecular flexibility index (Phi) is 3.70. The van der Waals surface area contributed by atoms with Gasteiger partial charge in [0.2, 0.25) is 0 Å². The third-order valence-corrected chi connectivity index (χ3v) is 1.77. The minimum Gasteiger partial charge on any atom is -0.360 e. The molecule has 1 aliphatic rings. The van der Waals surface area contributed by atoms with E-state index in [1.54, 1.807) is 6.08 Å². The molecule has 4 nitrogen and oxygen atoms in total. The van der Waals surface area contributed by atoms with Crippen molar-refractivity contribution in [3.05, 3.63) is 12.7 Å². The first kappa shape index (κ1) is 9.98. The van der Waals surface area contributed by atoms with E-state index in [0.29, 0.717) is 17.7 Å². The van der Waals surface area contributed by atoms with E-state index < -0.39 is 0 Å². The summed E-state index contributed by atoms with van der Waals surface area (Å²) >= 11 is 4.89. The van der Waals surface area contributed by atoms with Crippen molar-refractivity contribution < 1.29 is 4.79 Å². The summed E-state index contributed by atoms with van der Waals surface area (Å²) < 4.78 is 0. The van der Waals surface area contributed by atoms with E-state index in [9.17, 15) is 4.79 Å². The van der Waals surface area contributed by atoms with Crippen LogP contribution in [0.4, 0.5) is 4.79 Å². The Morgan fingerprint density at radius 2 is 2.31 bits per heavy atom. The Hall–Kier alpha value is -1.10. The molecule has 0 unspecified atom stereocenters. The Balaban J connectivity index is 2.10. The van der Waals surface area contributed by atoms with Gasteiger partial charge in [0.05, 0.1) is 0 Å². The van der Waals surface area contributed by atoms with E-state index in [4.69, 9.17) is 12.2 Å². The molecule has 0 aromatic heterocycles. The number of carbonyl (C=O) groups is 1. The lowest BCUT2D eigenvalue weighted by Crippen LogP contribution is -2.45. The summed E-state index contributed by atoms with van der Waals surface area (Å²) in [4.78, 5) is 11.0. The van der Waals surface area contributed by atoms with Gasteiger partial charge in [-0.15, -0.1) is 6.58 Å². The number of thiocarbonyl (C=S) groups is 1. The molecule has 0 radical (unpaired) electrons.